The van der Waals surface area contributed by atoms with Gasteiger partial charge < -0.3 is 20.3 Å². The van der Waals surface area contributed by atoms with Crippen molar-refractivity contribution in [3.05, 3.63) is 0 Å². The second kappa shape index (κ2) is 12.8. The number of hydrogen-bond acceptors (Lipinski definition) is 5. The third-order valence-corrected chi connectivity index (χ3v) is 6.06. The molecule has 1 heterocycles. The number of ether oxygens (including phenoxy) is 1. The topological polar surface area (TPSA) is 100 Å². The van der Waals surface area contributed by atoms with Crippen molar-refractivity contribution in [3.8, 4) is 0 Å². The van der Waals surface area contributed by atoms with E-state index in [1.165, 1.54) is 25.5 Å². The second-order valence-electron chi connectivity index (χ2n) is 7.49. The van der Waals surface area contributed by atoms with Gasteiger partial charge in [0, 0.05) is 44.9 Å². The summed E-state index contributed by atoms with van der Waals surface area (Å²) in [4.78, 5) is 18.8. The predicted molar refractivity (Wildman–Crippen MR) is 122 cm³/mol. The molecule has 0 aromatic rings. The summed E-state index contributed by atoms with van der Waals surface area (Å²) in [5, 5.41) is 6.52. The van der Waals surface area contributed by atoms with E-state index in [9.17, 15) is 13.2 Å². The zero-order valence-corrected chi connectivity index (χ0v) is 20.1. The number of hydrogen-bond donors (Lipinski definition) is 2. The van der Waals surface area contributed by atoms with Gasteiger partial charge in [-0.3, -0.25) is 9.79 Å². The maximum Gasteiger partial charge on any atom is 0.225 e. The van der Waals surface area contributed by atoms with E-state index >= 15 is 0 Å². The van der Waals surface area contributed by atoms with Gasteiger partial charge in [0.2, 0.25) is 5.91 Å². The van der Waals surface area contributed by atoms with Gasteiger partial charge in [0.1, 0.15) is 9.84 Å². The number of aliphatic imine (C=N–C) groups is 1. The van der Waals surface area contributed by atoms with Crippen LogP contribution in [0.1, 0.15) is 38.5 Å². The van der Waals surface area contributed by atoms with E-state index in [1.54, 1.807) is 7.05 Å². The molecule has 0 aromatic carbocycles. The van der Waals surface area contributed by atoms with Gasteiger partial charge in [-0.15, -0.1) is 24.0 Å². The lowest BCUT2D eigenvalue weighted by Gasteiger charge is -2.26. The zero-order valence-electron chi connectivity index (χ0n) is 17.0. The molecule has 1 atom stereocenters. The summed E-state index contributed by atoms with van der Waals surface area (Å²) in [6.45, 7) is 2.68. The van der Waals surface area contributed by atoms with E-state index in [0.29, 0.717) is 25.0 Å². The summed E-state index contributed by atoms with van der Waals surface area (Å²) in [6, 6.07) is 0.204. The second-order valence-corrected chi connectivity index (χ2v) is 9.75. The number of carbonyl (C=O) groups is 1. The first-order valence-electron chi connectivity index (χ1n) is 9.90. The van der Waals surface area contributed by atoms with Gasteiger partial charge in [-0.05, 0) is 19.3 Å². The first-order valence-corrected chi connectivity index (χ1v) is 12.0. The molecule has 1 aliphatic heterocycles. The lowest BCUT2D eigenvalue weighted by molar-refractivity contribution is -0.135. The van der Waals surface area contributed by atoms with Crippen LogP contribution in [-0.2, 0) is 19.4 Å². The predicted octanol–water partition coefficient (Wildman–Crippen LogP) is 1.01. The van der Waals surface area contributed by atoms with Crippen LogP contribution in [0.3, 0.4) is 0 Å². The van der Waals surface area contributed by atoms with E-state index in [1.807, 2.05) is 4.90 Å². The molecule has 0 aromatic heterocycles. The average Bonchev–Trinajstić information content (AvgIpc) is 3.11. The van der Waals surface area contributed by atoms with Crippen molar-refractivity contribution in [1.82, 2.24) is 15.5 Å². The largest absolute Gasteiger partial charge is 0.379 e. The summed E-state index contributed by atoms with van der Waals surface area (Å²) in [7, 11) is -1.27. The molecule has 28 heavy (non-hydrogen) atoms. The molecule has 1 aliphatic carbocycles. The molecule has 1 unspecified atom stereocenters. The summed E-state index contributed by atoms with van der Waals surface area (Å²) >= 11 is 0. The summed E-state index contributed by atoms with van der Waals surface area (Å²) in [5.41, 5.74) is 0. The maximum absolute atomic E-state index is 12.6. The standard InChI is InChI=1S/C18H34N4O4S.HI/c1-19-18(20-9-11-26-12-13-27(2,24)25)21-16-8-10-22(14-16)17(23)15-6-4-3-5-7-15;/h15-16H,3-14H2,1-2H3,(H2,19,20,21);1H. The summed E-state index contributed by atoms with van der Waals surface area (Å²) < 4.78 is 27.4. The Morgan fingerprint density at radius 2 is 1.89 bits per heavy atom. The molecule has 1 amide bonds. The molecule has 1 saturated carbocycles. The fraction of sp³-hybridized carbons (Fsp3) is 0.889. The van der Waals surface area contributed by atoms with E-state index in [4.69, 9.17) is 4.74 Å². The number of guanidine groups is 1. The highest BCUT2D eigenvalue weighted by Crippen LogP contribution is 2.26. The molecular formula is C18H35IN4O4S. The number of amides is 1. The van der Waals surface area contributed by atoms with Crippen molar-refractivity contribution in [3.63, 3.8) is 0 Å². The Morgan fingerprint density at radius 3 is 2.54 bits per heavy atom. The quantitative estimate of drug-likeness (QED) is 0.210. The van der Waals surface area contributed by atoms with Crippen LogP contribution in [0.25, 0.3) is 0 Å². The van der Waals surface area contributed by atoms with E-state index in [-0.39, 0.29) is 48.3 Å². The maximum atomic E-state index is 12.6. The molecule has 1 saturated heterocycles. The van der Waals surface area contributed by atoms with Crippen molar-refractivity contribution in [2.75, 3.05) is 51.9 Å². The van der Waals surface area contributed by atoms with Crippen LogP contribution in [-0.4, -0.2) is 83.1 Å². The first kappa shape index (κ1) is 25.4. The number of carbonyl (C=O) groups excluding carboxylic acids is 1. The molecule has 2 fully saturated rings. The third kappa shape index (κ3) is 9.25. The van der Waals surface area contributed by atoms with Gasteiger partial charge in [-0.2, -0.15) is 0 Å². The molecule has 2 aliphatic rings. The van der Waals surface area contributed by atoms with E-state index in [2.05, 4.69) is 15.6 Å². The SMILES string of the molecule is CN=C(NCCOCCS(C)(=O)=O)NC1CCN(C(=O)C2CCCCC2)C1.I. The number of nitrogens with one attached hydrogen (secondary N) is 2. The minimum atomic E-state index is -2.98. The Kier molecular flexibility index (Phi) is 11.7. The van der Waals surface area contributed by atoms with Crippen LogP contribution in [0.4, 0.5) is 0 Å². The lowest BCUT2D eigenvalue weighted by atomic mass is 9.88. The molecule has 0 bridgehead atoms. The van der Waals surface area contributed by atoms with Gasteiger partial charge in [-0.25, -0.2) is 8.42 Å². The smallest absolute Gasteiger partial charge is 0.225 e. The minimum absolute atomic E-state index is 0. The van der Waals surface area contributed by atoms with Gasteiger partial charge >= 0.3 is 0 Å². The Hall–Kier alpha value is -0.620. The molecule has 10 heteroatoms. The van der Waals surface area contributed by atoms with Crippen molar-refractivity contribution in [2.24, 2.45) is 10.9 Å². The van der Waals surface area contributed by atoms with E-state index < -0.39 is 9.84 Å². The van der Waals surface area contributed by atoms with E-state index in [0.717, 1.165) is 32.4 Å². The van der Waals surface area contributed by atoms with Crippen LogP contribution in [0.2, 0.25) is 0 Å². The number of halogens is 1. The zero-order chi connectivity index (χ0) is 19.7. The number of nitrogens with zero attached hydrogens (tertiary/aromatic N) is 2. The van der Waals surface area contributed by atoms with Crippen LogP contribution in [0, 0.1) is 5.92 Å². The van der Waals surface area contributed by atoms with Crippen molar-refractivity contribution < 1.29 is 17.9 Å². The first-order chi connectivity index (χ1) is 12.9. The Balaban J connectivity index is 0.00000392. The molecule has 0 spiro atoms. The van der Waals surface area contributed by atoms with Gasteiger partial charge in [0.25, 0.3) is 0 Å². The van der Waals surface area contributed by atoms with Crippen LogP contribution < -0.4 is 10.6 Å². The fourth-order valence-corrected chi connectivity index (χ4v) is 4.05. The van der Waals surface area contributed by atoms with Gasteiger partial charge in [0.05, 0.1) is 19.0 Å². The number of likely N-dealkylation sites (tertiary alicyclic amines) is 1. The highest BCUT2D eigenvalue weighted by Gasteiger charge is 2.31. The van der Waals surface area contributed by atoms with Crippen LogP contribution >= 0.6 is 24.0 Å². The molecular weight excluding hydrogens is 495 g/mol. The molecule has 164 valence electrons. The Labute approximate surface area is 186 Å². The monoisotopic (exact) mass is 530 g/mol. The van der Waals surface area contributed by atoms with Crippen molar-refractivity contribution >= 4 is 45.7 Å². The summed E-state index contributed by atoms with van der Waals surface area (Å²) in [6.07, 6.45) is 7.80. The highest BCUT2D eigenvalue weighted by atomic mass is 127. The van der Waals surface area contributed by atoms with Crippen molar-refractivity contribution in [1.29, 1.82) is 0 Å². The Bertz CT molecular complexity index is 609. The van der Waals surface area contributed by atoms with Gasteiger partial charge in [0.15, 0.2) is 5.96 Å². The number of sulfone groups is 1. The molecule has 8 nitrogen and oxygen atoms in total. The normalized spacial score (nSPS) is 21.3. The molecule has 2 rings (SSSR count). The fourth-order valence-electron chi connectivity index (χ4n) is 3.63. The van der Waals surface area contributed by atoms with Crippen LogP contribution in [0.15, 0.2) is 4.99 Å². The molecule has 2 N–H and O–H groups in total. The van der Waals surface area contributed by atoms with Crippen molar-refractivity contribution in [2.45, 2.75) is 44.6 Å². The lowest BCUT2D eigenvalue weighted by Crippen LogP contribution is -2.46. The molecule has 0 radical (unpaired) electrons. The highest BCUT2D eigenvalue weighted by molar-refractivity contribution is 14.0. The number of rotatable bonds is 8. The summed E-state index contributed by atoms with van der Waals surface area (Å²) in [5.74, 6) is 1.26. The van der Waals surface area contributed by atoms with Gasteiger partial charge in [-0.1, -0.05) is 19.3 Å². The Morgan fingerprint density at radius 1 is 1.18 bits per heavy atom. The third-order valence-electron chi connectivity index (χ3n) is 5.16. The minimum Gasteiger partial charge on any atom is -0.379 e. The average molecular weight is 530 g/mol. The van der Waals surface area contributed by atoms with Crippen LogP contribution in [0.5, 0.6) is 0 Å².